The minimum Gasteiger partial charge on any atom is -0.497 e. The van der Waals surface area contributed by atoms with E-state index in [0.717, 1.165) is 11.3 Å². The molecule has 11 nitrogen and oxygen atoms in total. The maximum absolute atomic E-state index is 13.7. The molecule has 0 unspecified atom stereocenters. The Kier molecular flexibility index (Phi) is 9.29. The van der Waals surface area contributed by atoms with Gasteiger partial charge in [0.1, 0.15) is 21.8 Å². The number of anilines is 1. The number of methoxy groups -OCH3 is 1. The van der Waals surface area contributed by atoms with Crippen molar-refractivity contribution in [2.75, 3.05) is 38.6 Å². The molecule has 0 saturated carbocycles. The lowest BCUT2D eigenvalue weighted by Gasteiger charge is -2.38. The minimum atomic E-state index is -3.88. The zero-order valence-corrected chi connectivity index (χ0v) is 25.5. The van der Waals surface area contributed by atoms with Gasteiger partial charge < -0.3 is 19.5 Å². The van der Waals surface area contributed by atoms with Gasteiger partial charge in [-0.3, -0.25) is 9.52 Å². The molecule has 14 heteroatoms. The molecule has 0 spiro atoms. The molecule has 0 aliphatic carbocycles. The fourth-order valence-corrected chi connectivity index (χ4v) is 7.63. The second-order valence-electron chi connectivity index (χ2n) is 9.83. The lowest BCUT2D eigenvalue weighted by molar-refractivity contribution is 0.0387. The molecule has 0 bridgehead atoms. The summed E-state index contributed by atoms with van der Waals surface area (Å²) in [6.45, 7) is 3.39. The molecular weight excluding hydrogens is 591 g/mol. The van der Waals surface area contributed by atoms with Crippen LogP contribution in [0.15, 0.2) is 69.1 Å². The van der Waals surface area contributed by atoms with Crippen LogP contribution in [0.2, 0.25) is 0 Å². The molecule has 1 amide bonds. The van der Waals surface area contributed by atoms with Gasteiger partial charge in [-0.2, -0.15) is 4.31 Å². The molecule has 222 valence electrons. The second-order valence-corrected chi connectivity index (χ2v) is 14.7. The molecule has 2 aromatic carbocycles. The van der Waals surface area contributed by atoms with Crippen molar-refractivity contribution in [1.82, 2.24) is 9.21 Å². The molecule has 2 heterocycles. The maximum atomic E-state index is 13.7. The summed E-state index contributed by atoms with van der Waals surface area (Å²) >= 11 is 1.06. The van der Waals surface area contributed by atoms with E-state index in [1.165, 1.54) is 59.8 Å². The lowest BCUT2D eigenvalue weighted by Crippen LogP contribution is -2.50. The summed E-state index contributed by atoms with van der Waals surface area (Å²) in [7, 11) is -4.79. The molecule has 4 rings (SSSR count). The molecular formula is C27H33N3O8S3. The van der Waals surface area contributed by atoms with Crippen molar-refractivity contribution >= 4 is 43.0 Å². The number of ether oxygens (including phenoxy) is 2. The van der Waals surface area contributed by atoms with Crippen LogP contribution >= 0.6 is 11.3 Å². The number of benzene rings is 2. The van der Waals surface area contributed by atoms with E-state index in [1.54, 1.807) is 30.5 Å². The number of fused-ring (bicyclic) bond motifs is 1. The SMILES string of the molecule is COc1ccc(S(=O)(=O)N(C)C[C@H]2Oc3ccc(NS(=O)(=O)c4cccs4)cc3C(=O)N([C@H](C)CO)C[C@H]2C)cc1. The summed E-state index contributed by atoms with van der Waals surface area (Å²) in [4.78, 5) is 15.2. The van der Waals surface area contributed by atoms with Crippen molar-refractivity contribution in [1.29, 1.82) is 0 Å². The van der Waals surface area contributed by atoms with E-state index in [-0.39, 0.29) is 51.7 Å². The standard InChI is InChI=1S/C27H33N3O8S3/c1-18-15-30(19(2)17-31)27(32)23-14-20(28-40(33,34)26-6-5-13-39-26)7-12-24(23)38-25(18)16-29(3)41(35,36)22-10-8-21(37-4)9-11-22/h5-14,18-19,25,28,31H,15-17H2,1-4H3/t18-,19-,25-/m1/s1. The molecule has 3 aromatic rings. The summed E-state index contributed by atoms with van der Waals surface area (Å²) in [5.41, 5.74) is 0.254. The van der Waals surface area contributed by atoms with Crippen LogP contribution in [-0.2, 0) is 20.0 Å². The van der Waals surface area contributed by atoms with Crippen LogP contribution in [-0.4, -0.2) is 83.1 Å². The van der Waals surface area contributed by atoms with Crippen LogP contribution in [0, 0.1) is 5.92 Å². The highest BCUT2D eigenvalue weighted by Crippen LogP contribution is 2.32. The Morgan fingerprint density at radius 1 is 1.17 bits per heavy atom. The third-order valence-corrected chi connectivity index (χ3v) is 11.5. The quantitative estimate of drug-likeness (QED) is 0.351. The predicted molar refractivity (Wildman–Crippen MR) is 156 cm³/mol. The highest BCUT2D eigenvalue weighted by Gasteiger charge is 2.35. The van der Waals surface area contributed by atoms with E-state index in [1.807, 2.05) is 6.92 Å². The smallest absolute Gasteiger partial charge is 0.271 e. The van der Waals surface area contributed by atoms with Crippen LogP contribution < -0.4 is 14.2 Å². The Labute approximate surface area is 244 Å². The van der Waals surface area contributed by atoms with Gasteiger partial charge >= 0.3 is 0 Å². The number of aliphatic hydroxyl groups excluding tert-OH is 1. The Balaban J connectivity index is 1.66. The first-order valence-corrected chi connectivity index (χ1v) is 16.6. The number of carbonyl (C=O) groups is 1. The molecule has 2 N–H and O–H groups in total. The Morgan fingerprint density at radius 2 is 1.88 bits per heavy atom. The van der Waals surface area contributed by atoms with Crippen molar-refractivity contribution in [2.45, 2.75) is 35.1 Å². The highest BCUT2D eigenvalue weighted by atomic mass is 32.2. The number of likely N-dealkylation sites (N-methyl/N-ethyl adjacent to an activating group) is 1. The maximum Gasteiger partial charge on any atom is 0.271 e. The van der Waals surface area contributed by atoms with Crippen molar-refractivity contribution in [2.24, 2.45) is 5.92 Å². The van der Waals surface area contributed by atoms with Gasteiger partial charge in [0, 0.05) is 25.2 Å². The first-order valence-electron chi connectivity index (χ1n) is 12.8. The van der Waals surface area contributed by atoms with Crippen molar-refractivity contribution in [3.63, 3.8) is 0 Å². The molecule has 1 aliphatic heterocycles. The number of hydrogen-bond donors (Lipinski definition) is 2. The van der Waals surface area contributed by atoms with Crippen LogP contribution in [0.4, 0.5) is 5.69 Å². The Hall–Kier alpha value is -3.17. The number of carbonyl (C=O) groups excluding carboxylic acids is 1. The molecule has 1 aromatic heterocycles. The summed E-state index contributed by atoms with van der Waals surface area (Å²) in [6.07, 6.45) is -0.679. The molecule has 0 fully saturated rings. The van der Waals surface area contributed by atoms with Gasteiger partial charge in [-0.05, 0) is 60.8 Å². The zero-order chi connectivity index (χ0) is 29.9. The highest BCUT2D eigenvalue weighted by molar-refractivity contribution is 7.94. The Morgan fingerprint density at radius 3 is 2.49 bits per heavy atom. The van der Waals surface area contributed by atoms with Gasteiger partial charge in [0.25, 0.3) is 15.9 Å². The third-order valence-electron chi connectivity index (χ3n) is 6.88. The topological polar surface area (TPSA) is 143 Å². The summed E-state index contributed by atoms with van der Waals surface area (Å²) in [5, 5.41) is 11.5. The Bertz CT molecular complexity index is 1580. The lowest BCUT2D eigenvalue weighted by atomic mass is 9.99. The minimum absolute atomic E-state index is 0.0305. The average Bonchev–Trinajstić information content (AvgIpc) is 3.51. The molecule has 41 heavy (non-hydrogen) atoms. The van der Waals surface area contributed by atoms with Crippen LogP contribution in [0.1, 0.15) is 24.2 Å². The summed E-state index contributed by atoms with van der Waals surface area (Å²) < 4.78 is 67.4. The monoisotopic (exact) mass is 623 g/mol. The number of nitrogens with one attached hydrogen (secondary N) is 1. The number of sulfonamides is 2. The summed E-state index contributed by atoms with van der Waals surface area (Å²) in [5.74, 6) is -0.0640. The number of hydrogen-bond acceptors (Lipinski definition) is 9. The third kappa shape index (κ3) is 6.67. The molecule has 3 atom stereocenters. The molecule has 0 radical (unpaired) electrons. The van der Waals surface area contributed by atoms with E-state index in [4.69, 9.17) is 9.47 Å². The first kappa shape index (κ1) is 30.8. The first-order chi connectivity index (χ1) is 19.4. The van der Waals surface area contributed by atoms with E-state index in [0.29, 0.717) is 5.75 Å². The van der Waals surface area contributed by atoms with Gasteiger partial charge in [0.05, 0.1) is 36.8 Å². The van der Waals surface area contributed by atoms with Gasteiger partial charge in [-0.15, -0.1) is 11.3 Å². The number of rotatable bonds is 10. The number of nitrogens with zero attached hydrogens (tertiary/aromatic N) is 2. The van der Waals surface area contributed by atoms with E-state index >= 15 is 0 Å². The molecule has 1 aliphatic rings. The number of thiophene rings is 1. The van der Waals surface area contributed by atoms with Crippen LogP contribution in [0.5, 0.6) is 11.5 Å². The van der Waals surface area contributed by atoms with Gasteiger partial charge in [0.2, 0.25) is 10.0 Å². The number of aliphatic hydroxyl groups is 1. The number of amides is 1. The van der Waals surface area contributed by atoms with Crippen molar-refractivity contribution in [3.05, 3.63) is 65.5 Å². The van der Waals surface area contributed by atoms with Gasteiger partial charge in [0.15, 0.2) is 0 Å². The average molecular weight is 624 g/mol. The van der Waals surface area contributed by atoms with E-state index in [9.17, 15) is 26.7 Å². The van der Waals surface area contributed by atoms with Gasteiger partial charge in [-0.1, -0.05) is 13.0 Å². The largest absolute Gasteiger partial charge is 0.497 e. The zero-order valence-electron chi connectivity index (χ0n) is 23.1. The predicted octanol–water partition coefficient (Wildman–Crippen LogP) is 3.10. The van der Waals surface area contributed by atoms with Gasteiger partial charge in [-0.25, -0.2) is 16.8 Å². The van der Waals surface area contributed by atoms with Crippen molar-refractivity contribution < 1.29 is 36.2 Å². The van der Waals surface area contributed by atoms with Crippen LogP contribution in [0.25, 0.3) is 0 Å². The fraction of sp³-hybridized carbons (Fsp3) is 0.370. The van der Waals surface area contributed by atoms with Crippen LogP contribution in [0.3, 0.4) is 0 Å². The van der Waals surface area contributed by atoms with E-state index < -0.39 is 38.1 Å². The van der Waals surface area contributed by atoms with Crippen molar-refractivity contribution in [3.8, 4) is 11.5 Å². The normalized spacial score (nSPS) is 18.7. The second kappa shape index (κ2) is 12.4. The van der Waals surface area contributed by atoms with E-state index in [2.05, 4.69) is 4.72 Å². The molecule has 0 saturated heterocycles. The summed E-state index contributed by atoms with van der Waals surface area (Å²) in [6, 6.07) is 13.0. The fourth-order valence-electron chi connectivity index (χ4n) is 4.40.